The lowest BCUT2D eigenvalue weighted by Gasteiger charge is -2.36. The predicted molar refractivity (Wildman–Crippen MR) is 75.2 cm³/mol. The predicted octanol–water partition coefficient (Wildman–Crippen LogP) is 2.86. The number of nitrogens with zero attached hydrogens (tertiary/aromatic N) is 1. The molecule has 0 radical (unpaired) electrons. The van der Waals surface area contributed by atoms with Gasteiger partial charge in [-0.05, 0) is 45.2 Å². The highest BCUT2D eigenvalue weighted by atomic mass is 32.2. The number of thioether (sulfide) groups is 1. The summed E-state index contributed by atoms with van der Waals surface area (Å²) in [5, 5.41) is 9.55. The Hall–Kier alpha value is 0.270. The molecule has 0 heterocycles. The molecule has 0 amide bonds. The first-order valence-corrected chi connectivity index (χ1v) is 7.74. The fourth-order valence-electron chi connectivity index (χ4n) is 1.94. The summed E-state index contributed by atoms with van der Waals surface area (Å²) in [7, 11) is 2.18. The monoisotopic (exact) mass is 247 g/mol. The van der Waals surface area contributed by atoms with E-state index in [9.17, 15) is 5.11 Å². The Labute approximate surface area is 106 Å². The molecule has 2 nitrogen and oxygen atoms in total. The molecule has 3 heteroatoms. The van der Waals surface area contributed by atoms with E-state index in [1.54, 1.807) is 0 Å². The van der Waals surface area contributed by atoms with Crippen molar-refractivity contribution in [1.29, 1.82) is 0 Å². The topological polar surface area (TPSA) is 23.5 Å². The second kappa shape index (κ2) is 8.37. The van der Waals surface area contributed by atoms with Gasteiger partial charge >= 0.3 is 0 Å². The zero-order valence-electron chi connectivity index (χ0n) is 11.6. The third-order valence-electron chi connectivity index (χ3n) is 3.91. The zero-order chi connectivity index (χ0) is 12.6. The molecule has 98 valence electrons. The Kier molecular flexibility index (Phi) is 8.52. The summed E-state index contributed by atoms with van der Waals surface area (Å²) in [5.74, 6) is 1.22. The zero-order valence-corrected chi connectivity index (χ0v) is 12.4. The fourth-order valence-corrected chi connectivity index (χ4v) is 2.52. The van der Waals surface area contributed by atoms with E-state index < -0.39 is 0 Å². The van der Waals surface area contributed by atoms with Crippen LogP contribution in [-0.2, 0) is 0 Å². The van der Waals surface area contributed by atoms with Crippen molar-refractivity contribution in [1.82, 2.24) is 4.90 Å². The Morgan fingerprint density at radius 1 is 1.31 bits per heavy atom. The number of hydrogen-bond acceptors (Lipinski definition) is 3. The first kappa shape index (κ1) is 16.3. The van der Waals surface area contributed by atoms with Gasteiger partial charge in [-0.15, -0.1) is 0 Å². The molecule has 0 aromatic rings. The van der Waals surface area contributed by atoms with Gasteiger partial charge in [-0.1, -0.05) is 13.8 Å². The van der Waals surface area contributed by atoms with Crippen LogP contribution in [0.15, 0.2) is 0 Å². The van der Waals surface area contributed by atoms with Crippen LogP contribution < -0.4 is 0 Å². The van der Waals surface area contributed by atoms with Crippen LogP contribution in [0.5, 0.6) is 0 Å². The average molecular weight is 247 g/mol. The quantitative estimate of drug-likeness (QED) is 0.678. The summed E-state index contributed by atoms with van der Waals surface area (Å²) in [5.41, 5.74) is 0.0996. The molecule has 0 saturated carbocycles. The second-order valence-electron chi connectivity index (χ2n) is 4.91. The van der Waals surface area contributed by atoms with Gasteiger partial charge in [0.15, 0.2) is 0 Å². The van der Waals surface area contributed by atoms with E-state index in [2.05, 4.69) is 39.0 Å². The standard InChI is InChI=1S/C13H29NOS/c1-6-13(7-2,11-15)10-14(4)12(3)8-9-16-5/h12,15H,6-11H2,1-5H3. The maximum absolute atomic E-state index is 9.55. The van der Waals surface area contributed by atoms with Crippen LogP contribution in [-0.4, -0.2) is 48.3 Å². The molecular formula is C13H29NOS. The maximum atomic E-state index is 9.55. The lowest BCUT2D eigenvalue weighted by Crippen LogP contribution is -2.41. The Balaban J connectivity index is 4.22. The summed E-state index contributed by atoms with van der Waals surface area (Å²) in [4.78, 5) is 2.40. The summed E-state index contributed by atoms with van der Waals surface area (Å²) >= 11 is 1.91. The van der Waals surface area contributed by atoms with Crippen molar-refractivity contribution in [2.45, 2.75) is 46.1 Å². The van der Waals surface area contributed by atoms with Crippen LogP contribution in [0.25, 0.3) is 0 Å². The normalized spacial score (nSPS) is 14.4. The molecule has 0 aromatic carbocycles. The second-order valence-corrected chi connectivity index (χ2v) is 5.90. The number of rotatable bonds is 9. The van der Waals surface area contributed by atoms with Crippen molar-refractivity contribution in [3.05, 3.63) is 0 Å². The van der Waals surface area contributed by atoms with Gasteiger partial charge in [0, 0.05) is 24.6 Å². The van der Waals surface area contributed by atoms with Crippen LogP contribution in [0.2, 0.25) is 0 Å². The lowest BCUT2D eigenvalue weighted by molar-refractivity contribution is 0.0620. The average Bonchev–Trinajstić information content (AvgIpc) is 2.32. The summed E-state index contributed by atoms with van der Waals surface area (Å²) in [6, 6.07) is 0.608. The molecule has 0 saturated heterocycles. The van der Waals surface area contributed by atoms with E-state index in [1.807, 2.05) is 11.8 Å². The Bertz CT molecular complexity index is 163. The molecule has 0 fully saturated rings. The van der Waals surface area contributed by atoms with Gasteiger partial charge in [0.25, 0.3) is 0 Å². The lowest BCUT2D eigenvalue weighted by atomic mass is 9.82. The number of hydrogen-bond donors (Lipinski definition) is 1. The van der Waals surface area contributed by atoms with E-state index in [4.69, 9.17) is 0 Å². The van der Waals surface area contributed by atoms with Crippen LogP contribution in [0.1, 0.15) is 40.0 Å². The molecule has 1 atom stereocenters. The van der Waals surface area contributed by atoms with Crippen LogP contribution in [0.4, 0.5) is 0 Å². The van der Waals surface area contributed by atoms with E-state index >= 15 is 0 Å². The van der Waals surface area contributed by atoms with Gasteiger partial charge in [0.1, 0.15) is 0 Å². The van der Waals surface area contributed by atoms with Gasteiger partial charge in [-0.25, -0.2) is 0 Å². The van der Waals surface area contributed by atoms with Crippen LogP contribution >= 0.6 is 11.8 Å². The number of aliphatic hydroxyl groups excluding tert-OH is 1. The summed E-state index contributed by atoms with van der Waals surface area (Å²) < 4.78 is 0. The third-order valence-corrected chi connectivity index (χ3v) is 4.56. The summed E-state index contributed by atoms with van der Waals surface area (Å²) in [6.07, 6.45) is 5.49. The first-order chi connectivity index (χ1) is 7.55. The smallest absolute Gasteiger partial charge is 0.0499 e. The van der Waals surface area contributed by atoms with E-state index in [0.717, 1.165) is 19.4 Å². The molecule has 0 spiro atoms. The molecular weight excluding hydrogens is 218 g/mol. The Morgan fingerprint density at radius 2 is 1.88 bits per heavy atom. The molecule has 0 bridgehead atoms. The first-order valence-electron chi connectivity index (χ1n) is 6.35. The van der Waals surface area contributed by atoms with Gasteiger partial charge in [-0.2, -0.15) is 11.8 Å². The van der Waals surface area contributed by atoms with Crippen molar-refractivity contribution in [3.63, 3.8) is 0 Å². The van der Waals surface area contributed by atoms with E-state index in [0.29, 0.717) is 12.6 Å². The molecule has 0 aromatic heterocycles. The molecule has 0 aliphatic carbocycles. The fraction of sp³-hybridized carbons (Fsp3) is 1.00. The Morgan fingerprint density at radius 3 is 2.25 bits per heavy atom. The molecule has 1 unspecified atom stereocenters. The van der Waals surface area contributed by atoms with Crippen LogP contribution in [0.3, 0.4) is 0 Å². The van der Waals surface area contributed by atoms with Gasteiger partial charge in [-0.3, -0.25) is 0 Å². The largest absolute Gasteiger partial charge is 0.396 e. The number of aliphatic hydroxyl groups is 1. The van der Waals surface area contributed by atoms with Gasteiger partial charge in [0.05, 0.1) is 0 Å². The third kappa shape index (κ3) is 5.07. The maximum Gasteiger partial charge on any atom is 0.0499 e. The SMILES string of the molecule is CCC(CC)(CO)CN(C)C(C)CCSC. The minimum Gasteiger partial charge on any atom is -0.396 e. The van der Waals surface area contributed by atoms with E-state index in [-0.39, 0.29) is 5.41 Å². The highest BCUT2D eigenvalue weighted by Gasteiger charge is 2.28. The van der Waals surface area contributed by atoms with Crippen molar-refractivity contribution >= 4 is 11.8 Å². The van der Waals surface area contributed by atoms with Gasteiger partial charge < -0.3 is 10.0 Å². The summed E-state index contributed by atoms with van der Waals surface area (Å²) in [6.45, 7) is 7.95. The molecule has 16 heavy (non-hydrogen) atoms. The van der Waals surface area contributed by atoms with Crippen LogP contribution in [0, 0.1) is 5.41 Å². The molecule has 0 rings (SSSR count). The molecule has 0 aliphatic heterocycles. The minimum absolute atomic E-state index is 0.0996. The molecule has 0 aliphatic rings. The van der Waals surface area contributed by atoms with Crippen molar-refractivity contribution in [2.75, 3.05) is 32.2 Å². The van der Waals surface area contributed by atoms with Crippen molar-refractivity contribution in [2.24, 2.45) is 5.41 Å². The highest BCUT2D eigenvalue weighted by molar-refractivity contribution is 7.98. The van der Waals surface area contributed by atoms with Crippen molar-refractivity contribution < 1.29 is 5.11 Å². The van der Waals surface area contributed by atoms with Gasteiger partial charge in [0.2, 0.25) is 0 Å². The highest BCUT2D eigenvalue weighted by Crippen LogP contribution is 2.27. The molecule has 1 N–H and O–H groups in total. The van der Waals surface area contributed by atoms with Crippen molar-refractivity contribution in [3.8, 4) is 0 Å². The minimum atomic E-state index is 0.0996. The van der Waals surface area contributed by atoms with E-state index in [1.165, 1.54) is 12.2 Å².